The molecule has 20 heavy (non-hydrogen) atoms. The number of hydrogen-bond acceptors (Lipinski definition) is 4. The maximum absolute atomic E-state index is 11.8. The molecular weight excluding hydrogens is 254 g/mol. The van der Waals surface area contributed by atoms with Gasteiger partial charge in [0.25, 0.3) is 0 Å². The first kappa shape index (κ1) is 14.3. The zero-order chi connectivity index (χ0) is 14.0. The summed E-state index contributed by atoms with van der Waals surface area (Å²) in [6.07, 6.45) is 9.49. The van der Waals surface area contributed by atoms with E-state index in [0.29, 0.717) is 6.04 Å². The molecule has 0 aromatic heterocycles. The van der Waals surface area contributed by atoms with Crippen LogP contribution in [0.25, 0.3) is 0 Å². The Labute approximate surface area is 121 Å². The lowest BCUT2D eigenvalue weighted by Gasteiger charge is -2.45. The van der Waals surface area contributed by atoms with Crippen LogP contribution in [0.3, 0.4) is 0 Å². The molecule has 3 rings (SSSR count). The first-order valence-corrected chi connectivity index (χ1v) is 8.18. The number of methoxy groups -OCH3 is 1. The van der Waals surface area contributed by atoms with Crippen LogP contribution in [0.2, 0.25) is 0 Å². The van der Waals surface area contributed by atoms with Crippen molar-refractivity contribution < 1.29 is 14.3 Å². The first-order chi connectivity index (χ1) is 9.72. The maximum Gasteiger partial charge on any atom is 0.309 e. The molecule has 0 N–H and O–H groups in total. The lowest BCUT2D eigenvalue weighted by molar-refractivity contribution is -0.149. The van der Waals surface area contributed by atoms with Gasteiger partial charge in [0.1, 0.15) is 0 Å². The van der Waals surface area contributed by atoms with Gasteiger partial charge >= 0.3 is 5.97 Å². The largest absolute Gasteiger partial charge is 0.469 e. The number of esters is 1. The van der Waals surface area contributed by atoms with E-state index in [0.717, 1.165) is 39.0 Å². The molecule has 3 fully saturated rings. The van der Waals surface area contributed by atoms with Gasteiger partial charge < -0.3 is 9.47 Å². The average molecular weight is 281 g/mol. The summed E-state index contributed by atoms with van der Waals surface area (Å²) in [7, 11) is 1.50. The van der Waals surface area contributed by atoms with Crippen LogP contribution in [0.4, 0.5) is 0 Å². The Kier molecular flexibility index (Phi) is 4.32. The Morgan fingerprint density at radius 3 is 2.80 bits per heavy atom. The van der Waals surface area contributed by atoms with Gasteiger partial charge in [0, 0.05) is 19.2 Å². The Balaban J connectivity index is 1.61. The Morgan fingerprint density at radius 2 is 2.05 bits per heavy atom. The van der Waals surface area contributed by atoms with Gasteiger partial charge in [-0.15, -0.1) is 0 Å². The van der Waals surface area contributed by atoms with Crippen LogP contribution in [-0.2, 0) is 14.3 Å². The molecule has 1 aliphatic carbocycles. The summed E-state index contributed by atoms with van der Waals surface area (Å²) in [5.41, 5.74) is 0.168. The van der Waals surface area contributed by atoms with Crippen LogP contribution >= 0.6 is 0 Å². The summed E-state index contributed by atoms with van der Waals surface area (Å²) in [6, 6.07) is 0.606. The van der Waals surface area contributed by atoms with Crippen molar-refractivity contribution >= 4 is 5.97 Å². The molecule has 1 saturated carbocycles. The number of rotatable bonds is 2. The van der Waals surface area contributed by atoms with E-state index in [1.54, 1.807) is 0 Å². The van der Waals surface area contributed by atoms with Gasteiger partial charge in [-0.3, -0.25) is 9.69 Å². The van der Waals surface area contributed by atoms with Crippen molar-refractivity contribution in [2.75, 3.05) is 26.8 Å². The summed E-state index contributed by atoms with van der Waals surface area (Å²) in [6.45, 7) is 2.91. The van der Waals surface area contributed by atoms with Gasteiger partial charge in [0.2, 0.25) is 0 Å². The van der Waals surface area contributed by atoms with E-state index in [4.69, 9.17) is 9.47 Å². The predicted octanol–water partition coefficient (Wildman–Crippen LogP) is 2.36. The molecular formula is C16H27NO3. The third kappa shape index (κ3) is 2.86. The van der Waals surface area contributed by atoms with Crippen molar-refractivity contribution in [3.63, 3.8) is 0 Å². The minimum Gasteiger partial charge on any atom is -0.469 e. The first-order valence-electron chi connectivity index (χ1n) is 8.18. The lowest BCUT2D eigenvalue weighted by Crippen LogP contribution is -2.51. The van der Waals surface area contributed by atoms with Crippen LogP contribution in [-0.4, -0.2) is 49.3 Å². The monoisotopic (exact) mass is 281 g/mol. The van der Waals surface area contributed by atoms with Gasteiger partial charge in [-0.2, -0.15) is 0 Å². The van der Waals surface area contributed by atoms with E-state index in [9.17, 15) is 4.79 Å². The van der Waals surface area contributed by atoms with Crippen molar-refractivity contribution in [1.82, 2.24) is 4.90 Å². The standard InChI is InChI=1S/C16H27NO3/c1-19-15(18)13-5-4-9-17(12-13)14-6-10-20-16(11-14)7-2-3-8-16/h13-14H,2-12H2,1H3/t13-,14?/m0/s1. The Morgan fingerprint density at radius 1 is 1.25 bits per heavy atom. The smallest absolute Gasteiger partial charge is 0.309 e. The van der Waals surface area contributed by atoms with Crippen LogP contribution in [0.5, 0.6) is 0 Å². The maximum atomic E-state index is 11.8. The van der Waals surface area contributed by atoms with Crippen LogP contribution in [0.15, 0.2) is 0 Å². The fourth-order valence-electron chi connectivity index (χ4n) is 4.38. The van der Waals surface area contributed by atoms with Crippen molar-refractivity contribution in [1.29, 1.82) is 0 Å². The number of likely N-dealkylation sites (tertiary alicyclic amines) is 1. The highest BCUT2D eigenvalue weighted by Gasteiger charge is 2.42. The quantitative estimate of drug-likeness (QED) is 0.728. The van der Waals surface area contributed by atoms with E-state index in [1.165, 1.54) is 39.2 Å². The Hall–Kier alpha value is -0.610. The number of hydrogen-bond donors (Lipinski definition) is 0. The van der Waals surface area contributed by atoms with E-state index in [-0.39, 0.29) is 17.5 Å². The Bertz CT molecular complexity index is 352. The number of ether oxygens (including phenoxy) is 2. The lowest BCUT2D eigenvalue weighted by atomic mass is 9.86. The normalized spacial score (nSPS) is 34.2. The molecule has 0 amide bonds. The molecule has 0 radical (unpaired) electrons. The third-order valence-corrected chi connectivity index (χ3v) is 5.49. The molecule has 0 bridgehead atoms. The fraction of sp³-hybridized carbons (Fsp3) is 0.938. The van der Waals surface area contributed by atoms with Crippen molar-refractivity contribution in [2.24, 2.45) is 5.92 Å². The summed E-state index contributed by atoms with van der Waals surface area (Å²) >= 11 is 0. The van der Waals surface area contributed by atoms with Crippen molar-refractivity contribution in [3.05, 3.63) is 0 Å². The van der Waals surface area contributed by atoms with E-state index in [2.05, 4.69) is 4.90 Å². The molecule has 4 nitrogen and oxygen atoms in total. The molecule has 1 unspecified atom stereocenters. The summed E-state index contributed by atoms with van der Waals surface area (Å²) < 4.78 is 11.1. The summed E-state index contributed by atoms with van der Waals surface area (Å²) in [4.78, 5) is 14.3. The average Bonchev–Trinajstić information content (AvgIpc) is 2.94. The van der Waals surface area contributed by atoms with Crippen LogP contribution in [0.1, 0.15) is 51.4 Å². The second-order valence-corrected chi connectivity index (χ2v) is 6.74. The predicted molar refractivity (Wildman–Crippen MR) is 76.5 cm³/mol. The number of piperidine rings is 1. The van der Waals surface area contributed by atoms with Crippen LogP contribution < -0.4 is 0 Å². The second-order valence-electron chi connectivity index (χ2n) is 6.74. The number of carbonyl (C=O) groups is 1. The highest BCUT2D eigenvalue weighted by molar-refractivity contribution is 5.72. The van der Waals surface area contributed by atoms with Gasteiger partial charge in [-0.1, -0.05) is 12.8 Å². The van der Waals surface area contributed by atoms with E-state index in [1.807, 2.05) is 0 Å². The molecule has 2 saturated heterocycles. The molecule has 2 aliphatic heterocycles. The van der Waals surface area contributed by atoms with Crippen LogP contribution in [0, 0.1) is 5.92 Å². The molecule has 114 valence electrons. The SMILES string of the molecule is COC(=O)[C@H]1CCCN(C2CCOC3(CCCC3)C2)C1. The molecule has 4 heteroatoms. The zero-order valence-electron chi connectivity index (χ0n) is 12.6. The minimum absolute atomic E-state index is 0.0302. The van der Waals surface area contributed by atoms with Gasteiger partial charge in [0.15, 0.2) is 0 Å². The van der Waals surface area contributed by atoms with E-state index < -0.39 is 0 Å². The third-order valence-electron chi connectivity index (χ3n) is 5.49. The highest BCUT2D eigenvalue weighted by Crippen LogP contribution is 2.41. The molecule has 0 aromatic carbocycles. The molecule has 2 atom stereocenters. The number of nitrogens with zero attached hydrogens (tertiary/aromatic N) is 1. The summed E-state index contributed by atoms with van der Waals surface area (Å²) in [5.74, 6) is 0.0495. The molecule has 2 heterocycles. The molecule has 1 spiro atoms. The fourth-order valence-corrected chi connectivity index (χ4v) is 4.38. The number of carbonyl (C=O) groups excluding carboxylic acids is 1. The van der Waals surface area contributed by atoms with Gasteiger partial charge in [0.05, 0.1) is 18.6 Å². The highest BCUT2D eigenvalue weighted by atomic mass is 16.5. The molecule has 0 aromatic rings. The summed E-state index contributed by atoms with van der Waals surface area (Å²) in [5, 5.41) is 0. The minimum atomic E-state index is -0.0302. The zero-order valence-corrected chi connectivity index (χ0v) is 12.6. The molecule has 3 aliphatic rings. The van der Waals surface area contributed by atoms with Gasteiger partial charge in [-0.25, -0.2) is 0 Å². The van der Waals surface area contributed by atoms with Crippen molar-refractivity contribution in [2.45, 2.75) is 63.0 Å². The van der Waals surface area contributed by atoms with E-state index >= 15 is 0 Å². The second kappa shape index (κ2) is 6.02. The van der Waals surface area contributed by atoms with Gasteiger partial charge in [-0.05, 0) is 45.1 Å². The van der Waals surface area contributed by atoms with Crippen molar-refractivity contribution in [3.8, 4) is 0 Å². The topological polar surface area (TPSA) is 38.8 Å².